The van der Waals surface area contributed by atoms with E-state index < -0.39 is 5.41 Å². The van der Waals surface area contributed by atoms with Gasteiger partial charge in [0.25, 0.3) is 0 Å². The van der Waals surface area contributed by atoms with E-state index in [0.29, 0.717) is 43.3 Å². The van der Waals surface area contributed by atoms with E-state index >= 15 is 0 Å². The van der Waals surface area contributed by atoms with E-state index in [4.69, 9.17) is 9.72 Å². The van der Waals surface area contributed by atoms with Gasteiger partial charge in [-0.05, 0) is 6.92 Å². The minimum atomic E-state index is -0.410. The van der Waals surface area contributed by atoms with Crippen LogP contribution in [0.4, 0.5) is 5.82 Å². The average Bonchev–Trinajstić information content (AvgIpc) is 3.00. The third-order valence-electron chi connectivity index (χ3n) is 3.85. The molecule has 2 aromatic heterocycles. The quantitative estimate of drug-likeness (QED) is 0.355. The molecule has 1 amide bonds. The van der Waals surface area contributed by atoms with Crippen molar-refractivity contribution in [2.45, 2.75) is 58.5 Å². The van der Waals surface area contributed by atoms with Crippen molar-refractivity contribution < 1.29 is 9.53 Å². The van der Waals surface area contributed by atoms with Crippen molar-refractivity contribution in [1.29, 1.82) is 0 Å². The van der Waals surface area contributed by atoms with Crippen LogP contribution in [0.15, 0.2) is 11.4 Å². The highest BCUT2D eigenvalue weighted by Gasteiger charge is 2.20. The fraction of sp³-hybridized carbons (Fsp3) is 0.684. The lowest BCUT2D eigenvalue weighted by Gasteiger charge is -2.17. The molecule has 2 heterocycles. The smallest absolute Gasteiger partial charge is 0.225 e. The van der Waals surface area contributed by atoms with Gasteiger partial charge in [0.15, 0.2) is 10.8 Å². The first-order chi connectivity index (χ1) is 13.2. The van der Waals surface area contributed by atoms with Crippen LogP contribution in [0.3, 0.4) is 0 Å². The van der Waals surface area contributed by atoms with Gasteiger partial charge in [-0.15, -0.1) is 0 Å². The monoisotopic (exact) mass is 408 g/mol. The molecule has 0 fully saturated rings. The Bertz CT molecular complexity index is 785. The summed E-state index contributed by atoms with van der Waals surface area (Å²) in [5.41, 5.74) is 0.356. The number of ether oxygens (including phenoxy) is 1. The Morgan fingerprint density at radius 2 is 2.04 bits per heavy atom. The number of nitrogens with zero attached hydrogens (tertiary/aromatic N) is 4. The molecular weight excluding hydrogens is 376 g/mol. The highest BCUT2D eigenvalue weighted by molar-refractivity contribution is 7.99. The largest absolute Gasteiger partial charge is 0.380 e. The summed E-state index contributed by atoms with van der Waals surface area (Å²) in [6.07, 6.45) is 1.77. The molecule has 0 aliphatic carbocycles. The van der Waals surface area contributed by atoms with E-state index in [-0.39, 0.29) is 5.91 Å². The van der Waals surface area contributed by atoms with Crippen molar-refractivity contribution >= 4 is 34.5 Å². The Kier molecular flexibility index (Phi) is 8.06. The number of thioether (sulfide) groups is 1. The zero-order valence-corrected chi connectivity index (χ0v) is 18.5. The summed E-state index contributed by atoms with van der Waals surface area (Å²) in [4.78, 5) is 21.4. The molecule has 2 N–H and O–H groups in total. The molecule has 9 heteroatoms. The maximum Gasteiger partial charge on any atom is 0.225 e. The summed E-state index contributed by atoms with van der Waals surface area (Å²) >= 11 is 1.61. The second-order valence-corrected chi connectivity index (χ2v) is 9.30. The number of hydrogen-bond acceptors (Lipinski definition) is 7. The van der Waals surface area contributed by atoms with Gasteiger partial charge < -0.3 is 15.4 Å². The third kappa shape index (κ3) is 6.34. The first-order valence-corrected chi connectivity index (χ1v) is 10.6. The summed E-state index contributed by atoms with van der Waals surface area (Å²) in [5.74, 6) is 0.783. The van der Waals surface area contributed by atoms with Crippen molar-refractivity contribution in [2.75, 3.05) is 31.6 Å². The van der Waals surface area contributed by atoms with Gasteiger partial charge in [0.1, 0.15) is 5.82 Å². The zero-order valence-electron chi connectivity index (χ0n) is 17.7. The van der Waals surface area contributed by atoms with Gasteiger partial charge in [-0.3, -0.25) is 4.79 Å². The van der Waals surface area contributed by atoms with Gasteiger partial charge in [0.2, 0.25) is 5.91 Å². The van der Waals surface area contributed by atoms with E-state index in [2.05, 4.69) is 34.6 Å². The lowest BCUT2D eigenvalue weighted by atomic mass is 9.96. The van der Waals surface area contributed by atoms with Crippen molar-refractivity contribution in [3.8, 4) is 0 Å². The molecule has 2 rings (SSSR count). The van der Waals surface area contributed by atoms with Gasteiger partial charge in [-0.2, -0.15) is 5.10 Å². The molecule has 0 spiro atoms. The lowest BCUT2D eigenvalue weighted by molar-refractivity contribution is -0.128. The fourth-order valence-electron chi connectivity index (χ4n) is 2.42. The highest BCUT2D eigenvalue weighted by Crippen LogP contribution is 2.26. The van der Waals surface area contributed by atoms with Crippen LogP contribution in [0.5, 0.6) is 0 Å². The number of carbonyl (C=O) groups excluding carboxylic acids is 1. The zero-order chi connectivity index (χ0) is 20.7. The predicted molar refractivity (Wildman–Crippen MR) is 114 cm³/mol. The van der Waals surface area contributed by atoms with Crippen LogP contribution in [0.2, 0.25) is 0 Å². The van der Waals surface area contributed by atoms with Crippen molar-refractivity contribution in [1.82, 2.24) is 25.1 Å². The summed E-state index contributed by atoms with van der Waals surface area (Å²) in [5, 5.41) is 12.7. The number of hydrogen-bond donors (Lipinski definition) is 2. The standard InChI is InChI=1S/C19H32N6O2S/c1-7-27-11-9-20-15-14-12-22-25(10-8-21-17(26)19(4,5)6)16(14)24-18(23-15)28-13(2)3/h12-13H,7-11H2,1-6H3,(H,21,26)(H,20,23,24). The topological polar surface area (TPSA) is 94.0 Å². The van der Waals surface area contributed by atoms with Crippen LogP contribution in [0, 0.1) is 5.41 Å². The van der Waals surface area contributed by atoms with E-state index in [1.807, 2.05) is 32.4 Å². The Morgan fingerprint density at radius 3 is 2.68 bits per heavy atom. The van der Waals surface area contributed by atoms with Crippen LogP contribution < -0.4 is 10.6 Å². The Balaban J connectivity index is 2.19. The highest BCUT2D eigenvalue weighted by atomic mass is 32.2. The number of anilines is 1. The molecule has 0 aromatic carbocycles. The summed E-state index contributed by atoms with van der Waals surface area (Å²) in [7, 11) is 0. The van der Waals surface area contributed by atoms with Crippen molar-refractivity contribution in [3.05, 3.63) is 6.20 Å². The molecule has 8 nitrogen and oxygen atoms in total. The molecule has 28 heavy (non-hydrogen) atoms. The minimum Gasteiger partial charge on any atom is -0.380 e. The second-order valence-electron chi connectivity index (χ2n) is 7.76. The van der Waals surface area contributed by atoms with Crippen LogP contribution in [-0.4, -0.2) is 57.2 Å². The fourth-order valence-corrected chi connectivity index (χ4v) is 3.13. The minimum absolute atomic E-state index is 0.0212. The molecule has 0 aliphatic rings. The normalized spacial score (nSPS) is 12.0. The van der Waals surface area contributed by atoms with Crippen molar-refractivity contribution in [2.24, 2.45) is 5.41 Å². The maximum atomic E-state index is 12.1. The summed E-state index contributed by atoms with van der Waals surface area (Å²) < 4.78 is 7.22. The molecular formula is C19H32N6O2S. The number of carbonyl (C=O) groups is 1. The molecule has 156 valence electrons. The number of fused-ring (bicyclic) bond motifs is 1. The van der Waals surface area contributed by atoms with E-state index in [0.717, 1.165) is 16.9 Å². The van der Waals surface area contributed by atoms with Gasteiger partial charge in [0.05, 0.1) is 24.7 Å². The van der Waals surface area contributed by atoms with Crippen LogP contribution >= 0.6 is 11.8 Å². The molecule has 0 bridgehead atoms. The predicted octanol–water partition coefficient (Wildman–Crippen LogP) is 2.94. The first kappa shape index (κ1) is 22.4. The number of nitrogens with one attached hydrogen (secondary N) is 2. The second kappa shape index (κ2) is 10.1. The van der Waals surface area contributed by atoms with E-state index in [9.17, 15) is 4.79 Å². The lowest BCUT2D eigenvalue weighted by Crippen LogP contribution is -2.36. The molecule has 0 atom stereocenters. The number of aromatic nitrogens is 4. The van der Waals surface area contributed by atoms with Gasteiger partial charge in [-0.1, -0.05) is 46.4 Å². The third-order valence-corrected chi connectivity index (χ3v) is 4.71. The summed E-state index contributed by atoms with van der Waals surface area (Å²) in [6, 6.07) is 0. The Morgan fingerprint density at radius 1 is 1.29 bits per heavy atom. The SMILES string of the molecule is CCOCCNc1nc(SC(C)C)nc2c1cnn2CCNC(=O)C(C)(C)C. The molecule has 0 radical (unpaired) electrons. The number of amides is 1. The van der Waals surface area contributed by atoms with Gasteiger partial charge >= 0.3 is 0 Å². The average molecular weight is 409 g/mol. The van der Waals surface area contributed by atoms with Gasteiger partial charge in [0, 0.05) is 30.4 Å². The molecule has 2 aromatic rings. The van der Waals surface area contributed by atoms with Crippen molar-refractivity contribution in [3.63, 3.8) is 0 Å². The van der Waals surface area contributed by atoms with E-state index in [1.165, 1.54) is 0 Å². The van der Waals surface area contributed by atoms with Crippen LogP contribution in [-0.2, 0) is 16.1 Å². The molecule has 0 saturated carbocycles. The van der Waals surface area contributed by atoms with Crippen LogP contribution in [0.25, 0.3) is 11.0 Å². The maximum absolute atomic E-state index is 12.1. The summed E-state index contributed by atoms with van der Waals surface area (Å²) in [6.45, 7) is 14.9. The molecule has 0 saturated heterocycles. The van der Waals surface area contributed by atoms with Gasteiger partial charge in [-0.25, -0.2) is 14.6 Å². The first-order valence-electron chi connectivity index (χ1n) is 9.72. The van der Waals surface area contributed by atoms with E-state index in [1.54, 1.807) is 18.0 Å². The Hall–Kier alpha value is -1.87. The Labute approximate surface area is 171 Å². The molecule has 0 unspecified atom stereocenters. The van der Waals surface area contributed by atoms with Crippen LogP contribution in [0.1, 0.15) is 41.5 Å². The number of rotatable bonds is 10. The molecule has 0 aliphatic heterocycles.